The number of benzene rings is 1. The highest BCUT2D eigenvalue weighted by atomic mass is 35.5. The predicted octanol–water partition coefficient (Wildman–Crippen LogP) is 0.331. The second-order valence-corrected chi connectivity index (χ2v) is 3.83. The molecule has 1 aliphatic heterocycles. The number of carboxylic acids is 1. The van der Waals surface area contributed by atoms with E-state index in [2.05, 4.69) is 0 Å². The van der Waals surface area contributed by atoms with Crippen molar-refractivity contribution in [2.75, 3.05) is 4.90 Å². The second kappa shape index (κ2) is 3.83. The number of aliphatic hydroxyl groups is 1. The van der Waals surface area contributed by atoms with Gasteiger partial charge in [-0.15, -0.1) is 0 Å². The van der Waals surface area contributed by atoms with Gasteiger partial charge in [-0.3, -0.25) is 9.59 Å². The molecule has 1 aromatic carbocycles. The first kappa shape index (κ1) is 11.6. The zero-order valence-corrected chi connectivity index (χ0v) is 9.01. The van der Waals surface area contributed by atoms with Crippen molar-refractivity contribution in [2.24, 2.45) is 0 Å². The fourth-order valence-corrected chi connectivity index (χ4v) is 1.79. The number of rotatable bonds is 0. The SMILES string of the molecule is O=C(O)C(=O)N1C(=O)C(O)c2ccc(Cl)cc21. The van der Waals surface area contributed by atoms with Gasteiger partial charge in [0.05, 0.1) is 5.69 Å². The number of carbonyl (C=O) groups is 3. The summed E-state index contributed by atoms with van der Waals surface area (Å²) in [6.07, 6.45) is -1.54. The summed E-state index contributed by atoms with van der Waals surface area (Å²) >= 11 is 5.69. The molecule has 0 saturated carbocycles. The zero-order chi connectivity index (χ0) is 12.7. The van der Waals surface area contributed by atoms with Crippen molar-refractivity contribution in [3.8, 4) is 0 Å². The number of amides is 2. The van der Waals surface area contributed by atoms with E-state index in [1.165, 1.54) is 18.2 Å². The highest BCUT2D eigenvalue weighted by Gasteiger charge is 2.42. The molecular formula is C10H6ClNO5. The fraction of sp³-hybridized carbons (Fsp3) is 0.100. The van der Waals surface area contributed by atoms with Crippen LogP contribution in [0.25, 0.3) is 0 Å². The standard InChI is InChI=1S/C10H6ClNO5/c11-4-1-2-5-6(3-4)12(8(14)7(5)13)9(15)10(16)17/h1-3,7,13H,(H,16,17). The van der Waals surface area contributed by atoms with E-state index in [0.29, 0.717) is 4.90 Å². The number of hydrogen-bond donors (Lipinski definition) is 2. The molecule has 0 saturated heterocycles. The number of imide groups is 1. The van der Waals surface area contributed by atoms with E-state index in [1.54, 1.807) is 0 Å². The van der Waals surface area contributed by atoms with Gasteiger partial charge in [0.1, 0.15) is 0 Å². The van der Waals surface area contributed by atoms with Crippen molar-refractivity contribution >= 4 is 35.1 Å². The summed E-state index contributed by atoms with van der Waals surface area (Å²) in [6.45, 7) is 0. The van der Waals surface area contributed by atoms with Crippen molar-refractivity contribution in [3.63, 3.8) is 0 Å². The van der Waals surface area contributed by atoms with E-state index in [4.69, 9.17) is 16.7 Å². The Morgan fingerprint density at radius 3 is 2.59 bits per heavy atom. The van der Waals surface area contributed by atoms with Crippen molar-refractivity contribution in [1.82, 2.24) is 0 Å². The van der Waals surface area contributed by atoms with Crippen LogP contribution in [-0.4, -0.2) is 28.0 Å². The summed E-state index contributed by atoms with van der Waals surface area (Å²) in [4.78, 5) is 33.9. The van der Waals surface area contributed by atoms with Gasteiger partial charge in [0.25, 0.3) is 5.91 Å². The summed E-state index contributed by atoms with van der Waals surface area (Å²) in [5.41, 5.74) is 0.163. The molecule has 1 aliphatic rings. The Kier molecular flexibility index (Phi) is 2.60. The predicted molar refractivity (Wildman–Crippen MR) is 56.5 cm³/mol. The molecule has 2 N–H and O–H groups in total. The molecule has 2 amide bonds. The number of nitrogens with zero attached hydrogens (tertiary/aromatic N) is 1. The first-order valence-corrected chi connectivity index (χ1v) is 4.90. The van der Waals surface area contributed by atoms with Gasteiger partial charge in [-0.25, -0.2) is 9.69 Å². The van der Waals surface area contributed by atoms with E-state index in [-0.39, 0.29) is 16.3 Å². The number of carboxylic acid groups (broad SMARTS) is 1. The molecule has 1 heterocycles. The van der Waals surface area contributed by atoms with Crippen molar-refractivity contribution in [2.45, 2.75) is 6.10 Å². The Balaban J connectivity index is 2.57. The molecule has 1 atom stereocenters. The lowest BCUT2D eigenvalue weighted by Gasteiger charge is -2.12. The minimum Gasteiger partial charge on any atom is -0.474 e. The average molecular weight is 256 g/mol. The lowest BCUT2D eigenvalue weighted by molar-refractivity contribution is -0.150. The van der Waals surface area contributed by atoms with Crippen LogP contribution in [0.4, 0.5) is 5.69 Å². The minimum absolute atomic E-state index is 0.00222. The molecule has 0 aliphatic carbocycles. The van der Waals surface area contributed by atoms with Gasteiger partial charge in [0.15, 0.2) is 6.10 Å². The summed E-state index contributed by atoms with van der Waals surface area (Å²) < 4.78 is 0. The topological polar surface area (TPSA) is 94.9 Å². The number of halogens is 1. The van der Waals surface area contributed by atoms with Gasteiger partial charge in [-0.1, -0.05) is 17.7 Å². The largest absolute Gasteiger partial charge is 0.474 e. The summed E-state index contributed by atoms with van der Waals surface area (Å²) in [7, 11) is 0. The van der Waals surface area contributed by atoms with Crippen LogP contribution in [-0.2, 0) is 14.4 Å². The quantitative estimate of drug-likeness (QED) is 0.652. The normalized spacial score (nSPS) is 18.1. The summed E-state index contributed by atoms with van der Waals surface area (Å²) in [5, 5.41) is 18.4. The van der Waals surface area contributed by atoms with E-state index in [0.717, 1.165) is 0 Å². The molecule has 0 spiro atoms. The number of aliphatic carboxylic acids is 1. The third-order valence-electron chi connectivity index (χ3n) is 2.37. The number of anilines is 1. The Labute approximate surface area is 100 Å². The van der Waals surface area contributed by atoms with Crippen LogP contribution >= 0.6 is 11.6 Å². The molecule has 0 bridgehead atoms. The number of aliphatic hydroxyl groups excluding tert-OH is 1. The highest BCUT2D eigenvalue weighted by molar-refractivity contribution is 6.44. The Morgan fingerprint density at radius 2 is 2.00 bits per heavy atom. The third kappa shape index (κ3) is 1.67. The van der Waals surface area contributed by atoms with Gasteiger partial charge in [-0.05, 0) is 12.1 Å². The van der Waals surface area contributed by atoms with Crippen LogP contribution in [0.1, 0.15) is 11.7 Å². The molecule has 17 heavy (non-hydrogen) atoms. The smallest absolute Gasteiger partial charge is 0.395 e. The fourth-order valence-electron chi connectivity index (χ4n) is 1.62. The monoisotopic (exact) mass is 255 g/mol. The molecule has 6 nitrogen and oxygen atoms in total. The van der Waals surface area contributed by atoms with E-state index < -0.39 is 23.9 Å². The molecule has 88 valence electrons. The maximum absolute atomic E-state index is 11.6. The van der Waals surface area contributed by atoms with Gasteiger partial charge in [-0.2, -0.15) is 0 Å². The van der Waals surface area contributed by atoms with Gasteiger partial charge >= 0.3 is 11.9 Å². The van der Waals surface area contributed by atoms with Crippen molar-refractivity contribution < 1.29 is 24.6 Å². The lowest BCUT2D eigenvalue weighted by Crippen LogP contribution is -2.39. The third-order valence-corrected chi connectivity index (χ3v) is 2.60. The van der Waals surface area contributed by atoms with Crippen molar-refractivity contribution in [3.05, 3.63) is 28.8 Å². The van der Waals surface area contributed by atoms with Crippen LogP contribution in [0, 0.1) is 0 Å². The first-order valence-electron chi connectivity index (χ1n) is 4.52. The second-order valence-electron chi connectivity index (χ2n) is 3.39. The molecule has 7 heteroatoms. The Morgan fingerprint density at radius 1 is 1.35 bits per heavy atom. The maximum atomic E-state index is 11.6. The van der Waals surface area contributed by atoms with Crippen LogP contribution in [0.2, 0.25) is 5.02 Å². The van der Waals surface area contributed by atoms with Gasteiger partial charge in [0, 0.05) is 10.6 Å². The van der Waals surface area contributed by atoms with E-state index in [9.17, 15) is 19.5 Å². The first-order chi connectivity index (χ1) is 7.93. The van der Waals surface area contributed by atoms with E-state index >= 15 is 0 Å². The summed E-state index contributed by atoms with van der Waals surface area (Å²) in [5.74, 6) is -4.19. The minimum atomic E-state index is -1.78. The van der Waals surface area contributed by atoms with Crippen LogP contribution in [0.3, 0.4) is 0 Å². The van der Waals surface area contributed by atoms with E-state index in [1.807, 2.05) is 0 Å². The molecule has 0 aromatic heterocycles. The van der Waals surface area contributed by atoms with Crippen LogP contribution in [0.15, 0.2) is 18.2 Å². The number of fused-ring (bicyclic) bond motifs is 1. The Hall–Kier alpha value is -1.92. The van der Waals surface area contributed by atoms with Crippen LogP contribution in [0.5, 0.6) is 0 Å². The molecule has 2 rings (SSSR count). The molecule has 1 aromatic rings. The van der Waals surface area contributed by atoms with Crippen molar-refractivity contribution in [1.29, 1.82) is 0 Å². The molecule has 0 fully saturated rings. The average Bonchev–Trinajstić information content (AvgIpc) is 2.50. The zero-order valence-electron chi connectivity index (χ0n) is 8.25. The molecule has 0 radical (unpaired) electrons. The van der Waals surface area contributed by atoms with Crippen LogP contribution < -0.4 is 4.90 Å². The molecular weight excluding hydrogens is 250 g/mol. The number of carbonyl (C=O) groups excluding carboxylic acids is 2. The molecule has 1 unspecified atom stereocenters. The maximum Gasteiger partial charge on any atom is 0.395 e. The van der Waals surface area contributed by atoms with Gasteiger partial charge in [0.2, 0.25) is 0 Å². The highest BCUT2D eigenvalue weighted by Crippen LogP contribution is 2.37. The number of hydrogen-bond acceptors (Lipinski definition) is 4. The summed E-state index contributed by atoms with van der Waals surface area (Å²) in [6, 6.07) is 4.06. The lowest BCUT2D eigenvalue weighted by atomic mass is 10.1. The Bertz CT molecular complexity index is 541. The van der Waals surface area contributed by atoms with Gasteiger partial charge < -0.3 is 10.2 Å².